The minimum absolute atomic E-state index is 0.0979. The third-order valence-corrected chi connectivity index (χ3v) is 4.27. The van der Waals surface area contributed by atoms with Crippen LogP contribution in [0.4, 0.5) is 0 Å². The van der Waals surface area contributed by atoms with Gasteiger partial charge in [0.15, 0.2) is 0 Å². The van der Waals surface area contributed by atoms with Gasteiger partial charge in [-0.25, -0.2) is 4.98 Å². The number of hydrogen-bond donors (Lipinski definition) is 0. The lowest BCUT2D eigenvalue weighted by Gasteiger charge is -2.15. The maximum absolute atomic E-state index is 6.33. The van der Waals surface area contributed by atoms with Crippen LogP contribution in [0, 0.1) is 5.41 Å². The first-order chi connectivity index (χ1) is 9.54. The van der Waals surface area contributed by atoms with Crippen LogP contribution in [0.25, 0.3) is 11.0 Å². The van der Waals surface area contributed by atoms with Crippen LogP contribution < -0.4 is 4.74 Å². The first-order valence-corrected chi connectivity index (χ1v) is 7.74. The Morgan fingerprint density at radius 1 is 1.45 bits per heavy atom. The summed E-state index contributed by atoms with van der Waals surface area (Å²) in [5.74, 6) is 1.80. The third-order valence-electron chi connectivity index (χ3n) is 4.07. The van der Waals surface area contributed by atoms with Gasteiger partial charge in [0.1, 0.15) is 17.1 Å². The summed E-state index contributed by atoms with van der Waals surface area (Å²) in [6.45, 7) is 7.94. The molecule has 1 aromatic heterocycles. The summed E-state index contributed by atoms with van der Waals surface area (Å²) in [4.78, 5) is 4.75. The Morgan fingerprint density at radius 3 is 2.80 bits per heavy atom. The fourth-order valence-electron chi connectivity index (χ4n) is 2.63. The lowest BCUT2D eigenvalue weighted by atomic mass is 10.1. The highest BCUT2D eigenvalue weighted by atomic mass is 35.5. The van der Waals surface area contributed by atoms with E-state index in [-0.39, 0.29) is 5.38 Å². The maximum atomic E-state index is 6.33. The lowest BCUT2D eigenvalue weighted by molar-refractivity contribution is 0.343. The van der Waals surface area contributed by atoms with Crippen LogP contribution in [-0.4, -0.2) is 16.2 Å². The summed E-state index contributed by atoms with van der Waals surface area (Å²) >= 11 is 6.33. The van der Waals surface area contributed by atoms with Gasteiger partial charge >= 0.3 is 0 Å². The Bertz CT molecular complexity index is 629. The minimum atomic E-state index is -0.0979. The molecule has 0 aliphatic heterocycles. The Kier molecular flexibility index (Phi) is 3.41. The van der Waals surface area contributed by atoms with Crippen molar-refractivity contribution in [2.24, 2.45) is 5.41 Å². The fraction of sp³-hybridized carbons (Fsp3) is 0.562. The number of nitrogens with zero attached hydrogens (tertiary/aromatic N) is 2. The molecule has 0 amide bonds. The molecule has 1 atom stereocenters. The molecule has 0 spiro atoms. The van der Waals surface area contributed by atoms with Gasteiger partial charge in [0.05, 0.1) is 17.5 Å². The van der Waals surface area contributed by atoms with E-state index in [1.165, 1.54) is 12.8 Å². The maximum Gasteiger partial charge on any atom is 0.147 e. The molecule has 0 saturated heterocycles. The fourth-order valence-corrected chi connectivity index (χ4v) is 2.80. The number of benzene rings is 1. The number of alkyl halides is 1. The van der Waals surface area contributed by atoms with E-state index in [1.54, 1.807) is 0 Å². The summed E-state index contributed by atoms with van der Waals surface area (Å²) in [5, 5.41) is -0.0979. The second-order valence-electron chi connectivity index (χ2n) is 6.04. The van der Waals surface area contributed by atoms with Crippen LogP contribution in [0.1, 0.15) is 44.8 Å². The van der Waals surface area contributed by atoms with Crippen molar-refractivity contribution in [1.29, 1.82) is 0 Å². The standard InChI is InChI=1S/C16H21ClN2O/c1-4-20-13-7-5-6-12-14(13)18-15(11(2)17)19(12)10-16(3)8-9-16/h5-7,11H,4,8-10H2,1-3H3. The predicted molar refractivity (Wildman–Crippen MR) is 82.5 cm³/mol. The zero-order valence-electron chi connectivity index (χ0n) is 12.3. The number of halogens is 1. The van der Waals surface area contributed by atoms with Gasteiger partial charge in [-0.05, 0) is 44.2 Å². The molecule has 0 radical (unpaired) electrons. The molecule has 3 nitrogen and oxygen atoms in total. The summed E-state index contributed by atoms with van der Waals surface area (Å²) in [7, 11) is 0. The van der Waals surface area contributed by atoms with E-state index >= 15 is 0 Å². The van der Waals surface area contributed by atoms with Crippen molar-refractivity contribution in [3.8, 4) is 5.75 Å². The summed E-state index contributed by atoms with van der Waals surface area (Å²) < 4.78 is 7.97. The monoisotopic (exact) mass is 292 g/mol. The average Bonchev–Trinajstić information content (AvgIpc) is 3.00. The van der Waals surface area contributed by atoms with Crippen molar-refractivity contribution in [2.45, 2.75) is 45.5 Å². The summed E-state index contributed by atoms with van der Waals surface area (Å²) in [6.07, 6.45) is 2.57. The summed E-state index contributed by atoms with van der Waals surface area (Å²) in [5.41, 5.74) is 2.48. The smallest absolute Gasteiger partial charge is 0.147 e. The van der Waals surface area contributed by atoms with Gasteiger partial charge in [-0.3, -0.25) is 0 Å². The van der Waals surface area contributed by atoms with Crippen LogP contribution in [-0.2, 0) is 6.54 Å². The number of imidazole rings is 1. The van der Waals surface area contributed by atoms with E-state index in [4.69, 9.17) is 21.3 Å². The average molecular weight is 293 g/mol. The molecule has 0 bridgehead atoms. The highest BCUT2D eigenvalue weighted by Crippen LogP contribution is 2.47. The molecular formula is C16H21ClN2O. The number of aromatic nitrogens is 2. The molecule has 1 fully saturated rings. The van der Waals surface area contributed by atoms with Gasteiger partial charge in [0, 0.05) is 6.54 Å². The van der Waals surface area contributed by atoms with E-state index in [2.05, 4.69) is 17.6 Å². The molecule has 108 valence electrons. The highest BCUT2D eigenvalue weighted by molar-refractivity contribution is 6.20. The zero-order valence-corrected chi connectivity index (χ0v) is 13.1. The van der Waals surface area contributed by atoms with Crippen molar-refractivity contribution in [1.82, 2.24) is 9.55 Å². The molecule has 1 aromatic carbocycles. The highest BCUT2D eigenvalue weighted by Gasteiger charge is 2.38. The van der Waals surface area contributed by atoms with E-state index in [1.807, 2.05) is 26.0 Å². The molecule has 0 N–H and O–H groups in total. The van der Waals surface area contributed by atoms with Crippen LogP contribution in [0.3, 0.4) is 0 Å². The molecule has 1 aliphatic carbocycles. The van der Waals surface area contributed by atoms with Crippen LogP contribution in [0.5, 0.6) is 5.75 Å². The normalized spacial score (nSPS) is 18.2. The Balaban J connectivity index is 2.14. The number of hydrogen-bond acceptors (Lipinski definition) is 2. The number of ether oxygens (including phenoxy) is 1. The topological polar surface area (TPSA) is 27.1 Å². The largest absolute Gasteiger partial charge is 0.492 e. The van der Waals surface area contributed by atoms with E-state index in [0.717, 1.165) is 29.2 Å². The van der Waals surface area contributed by atoms with Gasteiger partial charge in [-0.2, -0.15) is 0 Å². The van der Waals surface area contributed by atoms with Gasteiger partial charge in [0.25, 0.3) is 0 Å². The molecule has 20 heavy (non-hydrogen) atoms. The van der Waals surface area contributed by atoms with Gasteiger partial charge in [0.2, 0.25) is 0 Å². The van der Waals surface area contributed by atoms with Crippen LogP contribution in [0.2, 0.25) is 0 Å². The predicted octanol–water partition coefficient (Wildman–Crippen LogP) is 4.53. The SMILES string of the molecule is CCOc1cccc2c1nc(C(C)Cl)n2CC1(C)CC1. The number of fused-ring (bicyclic) bond motifs is 1. The van der Waals surface area contributed by atoms with Gasteiger partial charge < -0.3 is 9.30 Å². The summed E-state index contributed by atoms with van der Waals surface area (Å²) in [6, 6.07) is 6.12. The number of rotatable bonds is 5. The molecule has 1 heterocycles. The van der Waals surface area contributed by atoms with E-state index in [9.17, 15) is 0 Å². The van der Waals surface area contributed by atoms with Gasteiger partial charge in [-0.15, -0.1) is 11.6 Å². The van der Waals surface area contributed by atoms with Crippen molar-refractivity contribution >= 4 is 22.6 Å². The van der Waals surface area contributed by atoms with Crippen molar-refractivity contribution < 1.29 is 4.74 Å². The first-order valence-electron chi connectivity index (χ1n) is 7.30. The molecule has 1 aliphatic rings. The Labute approximate surface area is 124 Å². The minimum Gasteiger partial charge on any atom is -0.492 e. The van der Waals surface area contributed by atoms with E-state index in [0.29, 0.717) is 12.0 Å². The molecule has 1 unspecified atom stereocenters. The number of para-hydroxylation sites is 1. The van der Waals surface area contributed by atoms with E-state index < -0.39 is 0 Å². The molecule has 1 saturated carbocycles. The molecule has 4 heteroatoms. The van der Waals surface area contributed by atoms with Crippen LogP contribution >= 0.6 is 11.6 Å². The molecule has 2 aromatic rings. The van der Waals surface area contributed by atoms with Crippen molar-refractivity contribution in [3.05, 3.63) is 24.0 Å². The lowest BCUT2D eigenvalue weighted by Crippen LogP contribution is -2.11. The quantitative estimate of drug-likeness (QED) is 0.757. The molecular weight excluding hydrogens is 272 g/mol. The Hall–Kier alpha value is -1.22. The zero-order chi connectivity index (χ0) is 14.3. The van der Waals surface area contributed by atoms with Crippen molar-refractivity contribution in [2.75, 3.05) is 6.61 Å². The van der Waals surface area contributed by atoms with Crippen LogP contribution in [0.15, 0.2) is 18.2 Å². The van der Waals surface area contributed by atoms with Gasteiger partial charge in [-0.1, -0.05) is 13.0 Å². The first kappa shape index (κ1) is 13.7. The third kappa shape index (κ3) is 2.39. The second kappa shape index (κ2) is 4.96. The molecule has 3 rings (SSSR count). The Morgan fingerprint density at radius 2 is 2.20 bits per heavy atom. The second-order valence-corrected chi connectivity index (χ2v) is 6.69. The van der Waals surface area contributed by atoms with Crippen molar-refractivity contribution in [3.63, 3.8) is 0 Å².